The van der Waals surface area contributed by atoms with E-state index < -0.39 is 24.0 Å². The van der Waals surface area contributed by atoms with Crippen molar-refractivity contribution in [2.24, 2.45) is 17.6 Å². The van der Waals surface area contributed by atoms with E-state index in [1.54, 1.807) is 18.7 Å². The van der Waals surface area contributed by atoms with E-state index in [0.29, 0.717) is 59.2 Å². The number of ether oxygens (including phenoxy) is 4. The number of rotatable bonds is 28. The van der Waals surface area contributed by atoms with Gasteiger partial charge >= 0.3 is 12.0 Å². The molecule has 0 saturated carbocycles. The molecule has 1 heterocycles. The minimum Gasteiger partial charge on any atom is -0.481 e. The first-order valence-electron chi connectivity index (χ1n) is 19.8. The number of carbonyl (C=O) groups is 6. The summed E-state index contributed by atoms with van der Waals surface area (Å²) < 4.78 is 22.0. The number of nitrogens with zero attached hydrogens (tertiary/aromatic N) is 1. The Labute approximate surface area is 340 Å². The second kappa shape index (κ2) is 26.7. The molecule has 0 fully saturated rings. The molecule has 1 aliphatic heterocycles. The number of nitrogens with two attached hydrogens (primary N) is 1. The van der Waals surface area contributed by atoms with E-state index in [9.17, 15) is 33.9 Å². The Balaban J connectivity index is 1.17. The van der Waals surface area contributed by atoms with Crippen LogP contribution < -0.4 is 26.6 Å². The Kier molecular flexibility index (Phi) is 21.7. The Morgan fingerprint density at radius 1 is 0.724 bits per heavy atom. The Morgan fingerprint density at radius 2 is 1.33 bits per heavy atom. The molecule has 0 radical (unpaired) electrons. The fourth-order valence-electron chi connectivity index (χ4n) is 6.11. The van der Waals surface area contributed by atoms with Crippen LogP contribution in [0, 0.1) is 11.8 Å². The second-order valence-corrected chi connectivity index (χ2v) is 14.0. The molecule has 0 spiro atoms. The average molecular weight is 810 g/mol. The molecule has 0 aliphatic carbocycles. The van der Waals surface area contributed by atoms with Gasteiger partial charge in [-0.1, -0.05) is 68.5 Å². The van der Waals surface area contributed by atoms with Crippen molar-refractivity contribution in [2.75, 3.05) is 70.8 Å². The number of anilines is 1. The lowest BCUT2D eigenvalue weighted by molar-refractivity contribution is -0.144. The first-order chi connectivity index (χ1) is 28.0. The predicted molar refractivity (Wildman–Crippen MR) is 217 cm³/mol. The molecule has 2 aromatic carbocycles. The number of ketones is 1. The summed E-state index contributed by atoms with van der Waals surface area (Å²) in [6.45, 7) is 6.81. The highest BCUT2D eigenvalue weighted by atomic mass is 16.6. The van der Waals surface area contributed by atoms with E-state index in [0.717, 1.165) is 22.4 Å². The zero-order valence-electron chi connectivity index (χ0n) is 33.6. The summed E-state index contributed by atoms with van der Waals surface area (Å²) in [5.41, 5.74) is 8.87. The third-order valence-corrected chi connectivity index (χ3v) is 9.23. The molecule has 6 N–H and O–H groups in total. The number of carboxylic acid groups (broad SMARTS) is 1. The van der Waals surface area contributed by atoms with Crippen molar-refractivity contribution < 1.29 is 52.8 Å². The van der Waals surface area contributed by atoms with Crippen LogP contribution in [0.4, 0.5) is 10.5 Å². The molecule has 0 unspecified atom stereocenters. The van der Waals surface area contributed by atoms with Crippen molar-refractivity contribution >= 4 is 53.3 Å². The minimum absolute atomic E-state index is 0.0201. The summed E-state index contributed by atoms with van der Waals surface area (Å²) in [6.07, 6.45) is 4.52. The maximum Gasteiger partial charge on any atom is 0.312 e. The molecule has 16 nitrogen and oxygen atoms in total. The Hall–Kier alpha value is -5.16. The lowest BCUT2D eigenvalue weighted by Gasteiger charge is -2.27. The van der Waals surface area contributed by atoms with Crippen LogP contribution in [0.2, 0.25) is 0 Å². The van der Waals surface area contributed by atoms with Crippen LogP contribution in [-0.2, 0) is 49.5 Å². The molecular formula is C42H59N5O11. The van der Waals surface area contributed by atoms with E-state index in [1.165, 1.54) is 0 Å². The van der Waals surface area contributed by atoms with Crippen molar-refractivity contribution in [3.05, 3.63) is 65.2 Å². The molecule has 318 valence electrons. The van der Waals surface area contributed by atoms with E-state index in [-0.39, 0.29) is 81.3 Å². The van der Waals surface area contributed by atoms with E-state index >= 15 is 0 Å². The standard InChI is InChI=1S/C42H59N5O11/c1-30(2)40(36(48)28-33(41(52)53)11-7-18-45-42(43)54)46-38(50)17-20-55-22-24-57-26-27-58-25-23-56-21-19-44-37(49)15-16-39(51)47-29-34-10-4-3-8-31(34)13-14-32-9-5-6-12-35(32)47/h3-6,8-10,12-14,30,33,40H,7,11,15-29H2,1-2H3,(H,44,49)(H,46,50)(H,52,53)(H3,43,45,54)/b14-13-/t33-,40+/m1/s1. The van der Waals surface area contributed by atoms with Gasteiger partial charge in [-0.15, -0.1) is 0 Å². The van der Waals surface area contributed by atoms with E-state index in [1.807, 2.05) is 54.6 Å². The second-order valence-electron chi connectivity index (χ2n) is 14.0. The average Bonchev–Trinajstić information content (AvgIpc) is 3.19. The highest BCUT2D eigenvalue weighted by molar-refractivity contribution is 5.98. The molecular weight excluding hydrogens is 750 g/mol. The minimum atomic E-state index is -1.12. The van der Waals surface area contributed by atoms with E-state index in [2.05, 4.69) is 22.0 Å². The van der Waals surface area contributed by atoms with Gasteiger partial charge in [-0.05, 0) is 41.5 Å². The van der Waals surface area contributed by atoms with Gasteiger partial charge in [-0.2, -0.15) is 0 Å². The van der Waals surface area contributed by atoms with Crippen molar-refractivity contribution in [1.29, 1.82) is 0 Å². The van der Waals surface area contributed by atoms with Gasteiger partial charge in [0, 0.05) is 38.8 Å². The summed E-state index contributed by atoms with van der Waals surface area (Å²) in [5, 5.41) is 17.4. The molecule has 58 heavy (non-hydrogen) atoms. The number of urea groups is 1. The number of benzene rings is 2. The number of aliphatic carboxylic acids is 1. The van der Waals surface area contributed by atoms with Gasteiger partial charge in [-0.25, -0.2) is 4.79 Å². The first kappa shape index (κ1) is 47.2. The number of amides is 5. The summed E-state index contributed by atoms with van der Waals surface area (Å²) in [4.78, 5) is 75.4. The van der Waals surface area contributed by atoms with Crippen molar-refractivity contribution in [3.63, 3.8) is 0 Å². The van der Waals surface area contributed by atoms with Crippen molar-refractivity contribution in [2.45, 2.75) is 65.0 Å². The lowest BCUT2D eigenvalue weighted by atomic mass is 9.90. The molecule has 2 aromatic rings. The van der Waals surface area contributed by atoms with Gasteiger partial charge in [0.15, 0.2) is 5.78 Å². The number of fused-ring (bicyclic) bond motifs is 2. The largest absolute Gasteiger partial charge is 0.481 e. The van der Waals surface area contributed by atoms with Crippen molar-refractivity contribution in [1.82, 2.24) is 16.0 Å². The fraction of sp³-hybridized carbons (Fsp3) is 0.524. The van der Waals surface area contributed by atoms with Crippen LogP contribution in [0.3, 0.4) is 0 Å². The molecule has 0 saturated heterocycles. The zero-order valence-corrected chi connectivity index (χ0v) is 33.6. The van der Waals surface area contributed by atoms with Gasteiger partial charge in [0.1, 0.15) is 0 Å². The maximum absolute atomic E-state index is 13.3. The molecule has 2 atom stereocenters. The number of hydrogen-bond donors (Lipinski definition) is 5. The molecule has 5 amide bonds. The van der Waals surface area contributed by atoms with Crippen molar-refractivity contribution in [3.8, 4) is 0 Å². The molecule has 0 aromatic heterocycles. The number of para-hydroxylation sites is 1. The van der Waals surface area contributed by atoms with E-state index in [4.69, 9.17) is 24.7 Å². The summed E-state index contributed by atoms with van der Waals surface area (Å²) >= 11 is 0. The number of carbonyl (C=O) groups excluding carboxylic acids is 5. The van der Waals surface area contributed by atoms with Gasteiger partial charge in [0.2, 0.25) is 17.7 Å². The summed E-state index contributed by atoms with van der Waals surface area (Å²) in [6, 6.07) is 14.2. The zero-order chi connectivity index (χ0) is 42.1. The molecule has 16 heteroatoms. The number of hydrogen-bond acceptors (Lipinski definition) is 10. The summed E-state index contributed by atoms with van der Waals surface area (Å²) in [7, 11) is 0. The Bertz CT molecular complexity index is 1670. The number of carboxylic acids is 1. The van der Waals surface area contributed by atoms with Gasteiger partial charge in [0.05, 0.1) is 77.0 Å². The SMILES string of the molecule is CC(C)[C@H](NC(=O)CCOCCOCCOCCOCCNC(=O)CCC(=O)N1Cc2ccccc2/C=C\c2ccccc21)C(=O)C[C@@H](CCCNC(N)=O)C(=O)O. The first-order valence-corrected chi connectivity index (χ1v) is 19.8. The monoisotopic (exact) mass is 809 g/mol. The third-order valence-electron chi connectivity index (χ3n) is 9.23. The van der Waals surface area contributed by atoms with Gasteiger partial charge < -0.3 is 50.6 Å². The number of Topliss-reactive ketones (excluding diaryl/α,β-unsaturated/α-hetero) is 1. The van der Waals surface area contributed by atoms with Gasteiger partial charge in [-0.3, -0.25) is 24.0 Å². The smallest absolute Gasteiger partial charge is 0.312 e. The maximum atomic E-state index is 13.3. The topological polar surface area (TPSA) is 225 Å². The highest BCUT2D eigenvalue weighted by Gasteiger charge is 2.29. The molecule has 3 rings (SSSR count). The highest BCUT2D eigenvalue weighted by Crippen LogP contribution is 2.29. The number of primary amides is 1. The predicted octanol–water partition coefficient (Wildman–Crippen LogP) is 3.31. The van der Waals surface area contributed by atoms with Crippen LogP contribution in [0.5, 0.6) is 0 Å². The van der Waals surface area contributed by atoms with Crippen LogP contribution >= 0.6 is 0 Å². The third kappa shape index (κ3) is 18.0. The van der Waals surface area contributed by atoms with Crippen LogP contribution in [0.25, 0.3) is 12.2 Å². The van der Waals surface area contributed by atoms with Crippen LogP contribution in [0.1, 0.15) is 69.1 Å². The lowest BCUT2D eigenvalue weighted by Crippen LogP contribution is -2.45. The normalized spacial score (nSPS) is 13.6. The Morgan fingerprint density at radius 3 is 1.98 bits per heavy atom. The fourth-order valence-corrected chi connectivity index (χ4v) is 6.11. The molecule has 0 bridgehead atoms. The van der Waals surface area contributed by atoms with Crippen LogP contribution in [0.15, 0.2) is 48.5 Å². The number of nitrogens with one attached hydrogen (secondary N) is 3. The molecule has 1 aliphatic rings. The van der Waals surface area contributed by atoms with Gasteiger partial charge in [0.25, 0.3) is 0 Å². The summed E-state index contributed by atoms with van der Waals surface area (Å²) in [5.74, 6) is -3.41. The quantitative estimate of drug-likeness (QED) is 0.0785. The van der Waals surface area contributed by atoms with Crippen LogP contribution in [-0.4, -0.2) is 113 Å².